The van der Waals surface area contributed by atoms with E-state index in [0.29, 0.717) is 0 Å². The third kappa shape index (κ3) is 6.52. The number of benzene rings is 2. The third-order valence-corrected chi connectivity index (χ3v) is 3.45. The summed E-state index contributed by atoms with van der Waals surface area (Å²) in [5.41, 5.74) is 5.22. The van der Waals surface area contributed by atoms with E-state index in [1.807, 2.05) is 0 Å². The summed E-state index contributed by atoms with van der Waals surface area (Å²) in [4.78, 5) is 47.2. The van der Waals surface area contributed by atoms with E-state index in [2.05, 4.69) is 5.32 Å². The number of para-hydroxylation sites is 1. The Kier molecular flexibility index (Phi) is 7.21. The van der Waals surface area contributed by atoms with Crippen LogP contribution in [0.4, 0.5) is 9.18 Å². The molecule has 0 spiro atoms. The Hall–Kier alpha value is -3.75. The normalized spacial score (nSPS) is 11.2. The summed E-state index contributed by atoms with van der Waals surface area (Å²) in [5, 5.41) is 2.17. The van der Waals surface area contributed by atoms with E-state index >= 15 is 0 Å². The smallest absolute Gasteiger partial charge is 0.413 e. The van der Waals surface area contributed by atoms with Gasteiger partial charge in [-0.1, -0.05) is 18.2 Å². The average molecular weight is 388 g/mol. The molecule has 0 saturated heterocycles. The van der Waals surface area contributed by atoms with Gasteiger partial charge in [-0.15, -0.1) is 0 Å². The van der Waals surface area contributed by atoms with Crippen LogP contribution in [0, 0.1) is 5.82 Å². The highest BCUT2D eigenvalue weighted by Crippen LogP contribution is 2.09. The highest BCUT2D eigenvalue weighted by Gasteiger charge is 2.26. The summed E-state index contributed by atoms with van der Waals surface area (Å²) >= 11 is 0. The highest BCUT2D eigenvalue weighted by molar-refractivity contribution is 5.98. The Morgan fingerprint density at radius 1 is 1.00 bits per heavy atom. The number of ether oxygens (including phenoxy) is 2. The molecule has 0 unspecified atom stereocenters. The number of esters is 1. The van der Waals surface area contributed by atoms with Gasteiger partial charge in [-0.25, -0.2) is 14.0 Å². The van der Waals surface area contributed by atoms with Gasteiger partial charge in [0.1, 0.15) is 17.6 Å². The second-order valence-electron chi connectivity index (χ2n) is 5.61. The molecule has 2 aromatic rings. The number of hydrogen-bond donors (Lipinski definition) is 2. The van der Waals surface area contributed by atoms with Gasteiger partial charge >= 0.3 is 12.1 Å². The molecule has 0 heterocycles. The van der Waals surface area contributed by atoms with Gasteiger partial charge in [0.2, 0.25) is 5.91 Å². The third-order valence-electron chi connectivity index (χ3n) is 3.45. The van der Waals surface area contributed by atoms with Gasteiger partial charge in [0, 0.05) is 5.56 Å². The van der Waals surface area contributed by atoms with Crippen LogP contribution in [0.2, 0.25) is 0 Å². The predicted molar refractivity (Wildman–Crippen MR) is 94.9 cm³/mol. The van der Waals surface area contributed by atoms with E-state index in [4.69, 9.17) is 15.2 Å². The van der Waals surface area contributed by atoms with E-state index in [9.17, 15) is 23.6 Å². The number of ketones is 1. The van der Waals surface area contributed by atoms with Crippen molar-refractivity contribution in [1.82, 2.24) is 5.32 Å². The monoisotopic (exact) mass is 388 g/mol. The quantitative estimate of drug-likeness (QED) is 0.523. The molecule has 9 heteroatoms. The minimum absolute atomic E-state index is 0.136. The van der Waals surface area contributed by atoms with Gasteiger partial charge in [0.05, 0.1) is 6.42 Å². The second kappa shape index (κ2) is 9.81. The zero-order valence-corrected chi connectivity index (χ0v) is 14.6. The van der Waals surface area contributed by atoms with Crippen molar-refractivity contribution < 1.29 is 33.0 Å². The van der Waals surface area contributed by atoms with E-state index in [-0.39, 0.29) is 11.3 Å². The minimum Gasteiger partial charge on any atom is -0.456 e. The Labute approximate surface area is 159 Å². The maximum absolute atomic E-state index is 12.9. The van der Waals surface area contributed by atoms with Gasteiger partial charge < -0.3 is 20.5 Å². The maximum Gasteiger partial charge on any atom is 0.413 e. The predicted octanol–water partition coefficient (Wildman–Crippen LogP) is 1.58. The molecule has 0 bridgehead atoms. The van der Waals surface area contributed by atoms with Gasteiger partial charge in [0.15, 0.2) is 12.4 Å². The SMILES string of the molecule is NC(=O)C[C@H](NC(=O)Oc1ccccc1)C(=O)OCC(=O)c1ccc(F)cc1. The van der Waals surface area contributed by atoms with Crippen molar-refractivity contribution >= 4 is 23.8 Å². The molecule has 0 saturated carbocycles. The molecular formula is C19H17FN2O6. The zero-order chi connectivity index (χ0) is 20.5. The van der Waals surface area contributed by atoms with Crippen molar-refractivity contribution in [2.45, 2.75) is 12.5 Å². The molecular weight excluding hydrogens is 371 g/mol. The van der Waals surface area contributed by atoms with Crippen LogP contribution in [0.25, 0.3) is 0 Å². The topological polar surface area (TPSA) is 125 Å². The van der Waals surface area contributed by atoms with Crippen molar-refractivity contribution in [1.29, 1.82) is 0 Å². The largest absolute Gasteiger partial charge is 0.456 e. The van der Waals surface area contributed by atoms with Crippen LogP contribution in [0.5, 0.6) is 5.75 Å². The van der Waals surface area contributed by atoms with Crippen LogP contribution >= 0.6 is 0 Å². The van der Waals surface area contributed by atoms with E-state index in [0.717, 1.165) is 12.1 Å². The number of carbonyl (C=O) groups is 4. The van der Waals surface area contributed by atoms with Crippen molar-refractivity contribution in [2.24, 2.45) is 5.73 Å². The molecule has 146 valence electrons. The standard InChI is InChI=1S/C19H17FN2O6/c20-13-8-6-12(7-9-13)16(23)11-27-18(25)15(10-17(21)24)22-19(26)28-14-4-2-1-3-5-14/h1-9,15H,10-11H2,(H2,21,24)(H,22,26)/t15-/m0/s1. The first-order valence-corrected chi connectivity index (χ1v) is 8.12. The molecule has 8 nitrogen and oxygen atoms in total. The van der Waals surface area contributed by atoms with Crippen LogP contribution < -0.4 is 15.8 Å². The lowest BCUT2D eigenvalue weighted by molar-refractivity contribution is -0.146. The number of primary amides is 1. The fraction of sp³-hybridized carbons (Fsp3) is 0.158. The van der Waals surface area contributed by atoms with Gasteiger partial charge in [-0.2, -0.15) is 0 Å². The molecule has 0 aliphatic rings. The number of nitrogens with two attached hydrogens (primary N) is 1. The Morgan fingerprint density at radius 2 is 1.64 bits per heavy atom. The fourth-order valence-corrected chi connectivity index (χ4v) is 2.12. The molecule has 28 heavy (non-hydrogen) atoms. The number of halogens is 1. The molecule has 0 radical (unpaired) electrons. The second-order valence-corrected chi connectivity index (χ2v) is 5.61. The first kappa shape index (κ1) is 20.6. The minimum atomic E-state index is -1.44. The Balaban J connectivity index is 1.94. The van der Waals surface area contributed by atoms with Gasteiger partial charge in [-0.3, -0.25) is 9.59 Å². The van der Waals surface area contributed by atoms with Crippen LogP contribution in [0.15, 0.2) is 54.6 Å². The first-order valence-electron chi connectivity index (χ1n) is 8.12. The van der Waals surface area contributed by atoms with Crippen molar-refractivity contribution in [3.63, 3.8) is 0 Å². The van der Waals surface area contributed by atoms with Crippen LogP contribution in [0.3, 0.4) is 0 Å². The number of rotatable bonds is 8. The number of hydrogen-bond acceptors (Lipinski definition) is 6. The first-order chi connectivity index (χ1) is 13.3. The maximum atomic E-state index is 12.9. The van der Waals surface area contributed by atoms with Crippen molar-refractivity contribution in [3.05, 3.63) is 66.0 Å². The number of nitrogens with one attached hydrogen (secondary N) is 1. The molecule has 2 rings (SSSR count). The molecule has 0 aromatic heterocycles. The number of Topliss-reactive ketones (excluding diaryl/α,β-unsaturated/α-hetero) is 1. The molecule has 2 aromatic carbocycles. The molecule has 3 N–H and O–H groups in total. The van der Waals surface area contributed by atoms with Crippen LogP contribution in [-0.4, -0.2) is 36.4 Å². The fourth-order valence-electron chi connectivity index (χ4n) is 2.12. The van der Waals surface area contributed by atoms with Crippen LogP contribution in [0.1, 0.15) is 16.8 Å². The summed E-state index contributed by atoms with van der Waals surface area (Å²) in [6.07, 6.45) is -1.55. The highest BCUT2D eigenvalue weighted by atomic mass is 19.1. The van der Waals surface area contributed by atoms with Crippen LogP contribution in [-0.2, 0) is 14.3 Å². The van der Waals surface area contributed by atoms with Gasteiger partial charge in [0.25, 0.3) is 0 Å². The van der Waals surface area contributed by atoms with Crippen molar-refractivity contribution in [2.75, 3.05) is 6.61 Å². The van der Waals surface area contributed by atoms with E-state index in [1.165, 1.54) is 24.3 Å². The lowest BCUT2D eigenvalue weighted by atomic mass is 10.1. The number of carbonyl (C=O) groups excluding carboxylic acids is 4. The Bertz CT molecular complexity index is 854. The summed E-state index contributed by atoms with van der Waals surface area (Å²) in [7, 11) is 0. The lowest BCUT2D eigenvalue weighted by Gasteiger charge is -2.16. The van der Waals surface area contributed by atoms with Crippen molar-refractivity contribution in [3.8, 4) is 5.75 Å². The molecule has 1 atom stereocenters. The lowest BCUT2D eigenvalue weighted by Crippen LogP contribution is -2.45. The summed E-state index contributed by atoms with van der Waals surface area (Å²) in [6.45, 7) is -0.658. The summed E-state index contributed by atoms with van der Waals surface area (Å²) < 4.78 is 22.7. The number of amides is 2. The summed E-state index contributed by atoms with van der Waals surface area (Å²) in [6, 6.07) is 11.2. The Morgan fingerprint density at radius 3 is 2.25 bits per heavy atom. The molecule has 0 aliphatic carbocycles. The molecule has 0 aliphatic heterocycles. The average Bonchev–Trinajstić information content (AvgIpc) is 2.66. The molecule has 2 amide bonds. The van der Waals surface area contributed by atoms with E-state index in [1.54, 1.807) is 18.2 Å². The van der Waals surface area contributed by atoms with Gasteiger partial charge in [-0.05, 0) is 36.4 Å². The zero-order valence-electron chi connectivity index (χ0n) is 14.6. The molecule has 0 fully saturated rings. The van der Waals surface area contributed by atoms with E-state index < -0.39 is 48.6 Å². The summed E-state index contributed by atoms with van der Waals surface area (Å²) in [5.74, 6) is -2.79.